The summed E-state index contributed by atoms with van der Waals surface area (Å²) in [5.41, 5.74) is 5.47. The van der Waals surface area contributed by atoms with E-state index in [1.807, 2.05) is 0 Å². The molecule has 84 valence electrons. The Hall–Kier alpha value is -1.15. The fourth-order valence-corrected chi connectivity index (χ4v) is 3.00. The van der Waals surface area contributed by atoms with E-state index in [0.717, 1.165) is 16.4 Å². The summed E-state index contributed by atoms with van der Waals surface area (Å²) < 4.78 is 5.19. The third-order valence-electron chi connectivity index (χ3n) is 2.98. The van der Waals surface area contributed by atoms with E-state index in [0.29, 0.717) is 0 Å². The van der Waals surface area contributed by atoms with Crippen molar-refractivity contribution in [1.82, 2.24) is 0 Å². The summed E-state index contributed by atoms with van der Waals surface area (Å²) in [5.74, 6) is 1.77. The van der Waals surface area contributed by atoms with Gasteiger partial charge in [0, 0.05) is 10.7 Å². The molecule has 2 rings (SSSR count). The molecule has 0 atom stereocenters. The highest BCUT2D eigenvalue weighted by atomic mass is 32.2. The second kappa shape index (κ2) is 4.38. The molecule has 0 radical (unpaired) electrons. The molecule has 0 fully saturated rings. The molecule has 0 saturated carbocycles. The Bertz CT molecular complexity index is 472. The SMILES string of the molecule is C=C(OC)C1=Cc2c(C)ccc(C)c2CS1. The number of aryl methyl sites for hydroxylation is 2. The molecule has 1 aliphatic heterocycles. The van der Waals surface area contributed by atoms with Crippen LogP contribution < -0.4 is 0 Å². The molecule has 0 N–H and O–H groups in total. The molecular formula is C14H16OS. The predicted octanol–water partition coefficient (Wildman–Crippen LogP) is 4.05. The first-order valence-corrected chi connectivity index (χ1v) is 6.29. The number of ether oxygens (including phenoxy) is 1. The normalized spacial score (nSPS) is 14.1. The second-order valence-electron chi connectivity index (χ2n) is 4.02. The van der Waals surface area contributed by atoms with Gasteiger partial charge in [-0.2, -0.15) is 0 Å². The number of rotatable bonds is 2. The summed E-state index contributed by atoms with van der Waals surface area (Å²) in [4.78, 5) is 1.14. The summed E-state index contributed by atoms with van der Waals surface area (Å²) in [7, 11) is 1.67. The Morgan fingerprint density at radius 2 is 2.00 bits per heavy atom. The average Bonchev–Trinajstić information content (AvgIpc) is 2.32. The molecule has 0 unspecified atom stereocenters. The average molecular weight is 232 g/mol. The quantitative estimate of drug-likeness (QED) is 0.711. The van der Waals surface area contributed by atoms with Crippen molar-refractivity contribution >= 4 is 17.8 Å². The maximum Gasteiger partial charge on any atom is 0.125 e. The number of benzene rings is 1. The lowest BCUT2D eigenvalue weighted by Gasteiger charge is -2.20. The van der Waals surface area contributed by atoms with Crippen molar-refractivity contribution in [2.75, 3.05) is 7.11 Å². The maximum absolute atomic E-state index is 5.19. The second-order valence-corrected chi connectivity index (χ2v) is 5.03. The molecule has 1 aliphatic rings. The molecule has 0 aliphatic carbocycles. The van der Waals surface area contributed by atoms with Gasteiger partial charge in [-0.3, -0.25) is 0 Å². The smallest absolute Gasteiger partial charge is 0.125 e. The molecule has 1 heterocycles. The minimum atomic E-state index is 0.761. The standard InChI is InChI=1S/C14H16OS/c1-9-5-6-10(2)13-8-16-14(7-12(9)13)11(3)15-4/h5-7H,3,8H2,1-2,4H3. The summed E-state index contributed by atoms with van der Waals surface area (Å²) in [6, 6.07) is 4.37. The van der Waals surface area contributed by atoms with Crippen LogP contribution in [-0.4, -0.2) is 7.11 Å². The van der Waals surface area contributed by atoms with Gasteiger partial charge in [0.05, 0.1) is 7.11 Å². The maximum atomic E-state index is 5.19. The van der Waals surface area contributed by atoms with Crippen LogP contribution in [-0.2, 0) is 10.5 Å². The third kappa shape index (κ3) is 1.90. The fraction of sp³-hybridized carbons (Fsp3) is 0.286. The Morgan fingerprint density at radius 1 is 1.31 bits per heavy atom. The Kier molecular flexibility index (Phi) is 3.10. The lowest BCUT2D eigenvalue weighted by molar-refractivity contribution is 0.307. The number of methoxy groups -OCH3 is 1. The molecule has 0 spiro atoms. The van der Waals surface area contributed by atoms with Gasteiger partial charge < -0.3 is 4.74 Å². The highest BCUT2D eigenvalue weighted by molar-refractivity contribution is 8.02. The molecule has 1 aromatic rings. The van der Waals surface area contributed by atoms with Crippen LogP contribution in [0.5, 0.6) is 0 Å². The van der Waals surface area contributed by atoms with Crippen molar-refractivity contribution in [1.29, 1.82) is 0 Å². The van der Waals surface area contributed by atoms with Gasteiger partial charge in [0.1, 0.15) is 5.76 Å². The number of hydrogen-bond donors (Lipinski definition) is 0. The summed E-state index contributed by atoms with van der Waals surface area (Å²) in [6.45, 7) is 8.23. The van der Waals surface area contributed by atoms with Gasteiger partial charge in [0.25, 0.3) is 0 Å². The summed E-state index contributed by atoms with van der Waals surface area (Å²) >= 11 is 1.80. The van der Waals surface area contributed by atoms with E-state index in [4.69, 9.17) is 4.74 Å². The first-order valence-electron chi connectivity index (χ1n) is 5.30. The summed E-state index contributed by atoms with van der Waals surface area (Å²) in [5, 5.41) is 0. The largest absolute Gasteiger partial charge is 0.496 e. The van der Waals surface area contributed by atoms with Crippen molar-refractivity contribution < 1.29 is 4.74 Å². The van der Waals surface area contributed by atoms with E-state index in [-0.39, 0.29) is 0 Å². The van der Waals surface area contributed by atoms with Gasteiger partial charge in [0.15, 0.2) is 0 Å². The van der Waals surface area contributed by atoms with Crippen molar-refractivity contribution in [3.8, 4) is 0 Å². The molecule has 0 saturated heterocycles. The van der Waals surface area contributed by atoms with Crippen LogP contribution >= 0.6 is 11.8 Å². The topological polar surface area (TPSA) is 9.23 Å². The Labute approximate surface area is 101 Å². The molecule has 0 aromatic heterocycles. The van der Waals surface area contributed by atoms with Gasteiger partial charge >= 0.3 is 0 Å². The van der Waals surface area contributed by atoms with Gasteiger partial charge in [-0.15, -0.1) is 11.8 Å². The number of thioether (sulfide) groups is 1. The van der Waals surface area contributed by atoms with Gasteiger partial charge in [-0.1, -0.05) is 18.7 Å². The molecule has 0 amide bonds. The zero-order chi connectivity index (χ0) is 11.7. The van der Waals surface area contributed by atoms with Crippen LogP contribution in [0.15, 0.2) is 29.4 Å². The van der Waals surface area contributed by atoms with Crippen LogP contribution in [0.25, 0.3) is 6.08 Å². The minimum absolute atomic E-state index is 0.761. The zero-order valence-corrected chi connectivity index (χ0v) is 10.8. The van der Waals surface area contributed by atoms with Crippen LogP contribution in [0.1, 0.15) is 22.3 Å². The van der Waals surface area contributed by atoms with E-state index >= 15 is 0 Å². The number of hydrogen-bond acceptors (Lipinski definition) is 2. The van der Waals surface area contributed by atoms with Crippen molar-refractivity contribution in [3.63, 3.8) is 0 Å². The molecule has 16 heavy (non-hydrogen) atoms. The van der Waals surface area contributed by atoms with Crippen molar-refractivity contribution in [3.05, 3.63) is 51.6 Å². The van der Waals surface area contributed by atoms with Crippen LogP contribution in [0.3, 0.4) is 0 Å². The summed E-state index contributed by atoms with van der Waals surface area (Å²) in [6.07, 6.45) is 2.19. The third-order valence-corrected chi connectivity index (χ3v) is 4.07. The molecule has 0 bridgehead atoms. The lowest BCUT2D eigenvalue weighted by atomic mass is 9.97. The van der Waals surface area contributed by atoms with Crippen molar-refractivity contribution in [2.45, 2.75) is 19.6 Å². The van der Waals surface area contributed by atoms with Crippen molar-refractivity contribution in [2.24, 2.45) is 0 Å². The molecule has 1 aromatic carbocycles. The number of fused-ring (bicyclic) bond motifs is 1. The fourth-order valence-electron chi connectivity index (χ4n) is 1.87. The monoisotopic (exact) mass is 232 g/mol. The predicted molar refractivity (Wildman–Crippen MR) is 71.3 cm³/mol. The van der Waals surface area contributed by atoms with E-state index in [1.165, 1.54) is 22.3 Å². The van der Waals surface area contributed by atoms with Crippen LogP contribution in [0.4, 0.5) is 0 Å². The highest BCUT2D eigenvalue weighted by Gasteiger charge is 2.16. The molecule has 1 nitrogen and oxygen atoms in total. The van der Waals surface area contributed by atoms with E-state index < -0.39 is 0 Å². The van der Waals surface area contributed by atoms with Gasteiger partial charge in [-0.05, 0) is 42.2 Å². The van der Waals surface area contributed by atoms with Crippen LogP contribution in [0.2, 0.25) is 0 Å². The van der Waals surface area contributed by atoms with E-state index in [9.17, 15) is 0 Å². The van der Waals surface area contributed by atoms with Crippen LogP contribution in [0, 0.1) is 13.8 Å². The first-order chi connectivity index (χ1) is 7.63. The first kappa shape index (κ1) is 11.3. The lowest BCUT2D eigenvalue weighted by Crippen LogP contribution is -2.01. The highest BCUT2D eigenvalue weighted by Crippen LogP contribution is 2.38. The molecular weight excluding hydrogens is 216 g/mol. The minimum Gasteiger partial charge on any atom is -0.496 e. The van der Waals surface area contributed by atoms with Gasteiger partial charge in [0.2, 0.25) is 0 Å². The Balaban J connectivity index is 2.51. The zero-order valence-electron chi connectivity index (χ0n) is 9.96. The van der Waals surface area contributed by atoms with E-state index in [2.05, 4.69) is 38.6 Å². The van der Waals surface area contributed by atoms with Gasteiger partial charge in [-0.25, -0.2) is 0 Å². The Morgan fingerprint density at radius 3 is 2.69 bits per heavy atom. The molecule has 2 heteroatoms. The van der Waals surface area contributed by atoms with E-state index in [1.54, 1.807) is 18.9 Å².